The van der Waals surface area contributed by atoms with Crippen LogP contribution < -0.4 is 0 Å². The van der Waals surface area contributed by atoms with Crippen molar-refractivity contribution in [2.75, 3.05) is 6.61 Å². The van der Waals surface area contributed by atoms with Gasteiger partial charge < -0.3 is 14.6 Å². The van der Waals surface area contributed by atoms with Gasteiger partial charge in [0.2, 0.25) is 0 Å². The Labute approximate surface area is 144 Å². The van der Waals surface area contributed by atoms with Crippen molar-refractivity contribution < 1.29 is 23.4 Å². The average molecular weight is 353 g/mol. The monoisotopic (exact) mass is 353 g/mol. The minimum Gasteiger partial charge on any atom is -0.380 e. The summed E-state index contributed by atoms with van der Waals surface area (Å²) in [5.41, 5.74) is -2.04. The van der Waals surface area contributed by atoms with E-state index in [4.69, 9.17) is 9.47 Å². The van der Waals surface area contributed by atoms with Gasteiger partial charge in [0.05, 0.1) is 12.6 Å². The lowest BCUT2D eigenvalue weighted by molar-refractivity contribution is -0.229. The zero-order chi connectivity index (χ0) is 17.9. The molecule has 6 nitrogen and oxygen atoms in total. The first-order valence-electron chi connectivity index (χ1n) is 8.26. The Bertz CT molecular complexity index is 692. The van der Waals surface area contributed by atoms with E-state index in [2.05, 4.69) is 10.1 Å². The molecule has 1 saturated heterocycles. The smallest absolute Gasteiger partial charge is 0.158 e. The summed E-state index contributed by atoms with van der Waals surface area (Å²) in [6, 6.07) is 2.97. The fourth-order valence-electron chi connectivity index (χ4n) is 2.98. The maximum atomic E-state index is 14.4. The van der Waals surface area contributed by atoms with Crippen molar-refractivity contribution in [3.05, 3.63) is 48.1 Å². The molecule has 1 aliphatic rings. The number of rotatable bonds is 6. The van der Waals surface area contributed by atoms with Crippen molar-refractivity contribution in [3.63, 3.8) is 0 Å². The fourth-order valence-corrected chi connectivity index (χ4v) is 2.98. The van der Waals surface area contributed by atoms with Crippen LogP contribution in [0.25, 0.3) is 0 Å². The molecule has 1 aromatic carbocycles. The molecule has 0 bridgehead atoms. The maximum Gasteiger partial charge on any atom is 0.158 e. The van der Waals surface area contributed by atoms with Crippen molar-refractivity contribution in [1.29, 1.82) is 0 Å². The van der Waals surface area contributed by atoms with Crippen molar-refractivity contribution in [1.82, 2.24) is 14.8 Å². The van der Waals surface area contributed by atoms with Gasteiger partial charge in [0.15, 0.2) is 6.29 Å². The van der Waals surface area contributed by atoms with E-state index < -0.39 is 29.6 Å². The topological polar surface area (TPSA) is 69.4 Å². The molecule has 0 spiro atoms. The number of aliphatic hydroxyl groups is 1. The highest BCUT2D eigenvalue weighted by atomic mass is 19.1. The Morgan fingerprint density at radius 2 is 2.28 bits per heavy atom. The summed E-state index contributed by atoms with van der Waals surface area (Å²) in [5.74, 6) is -1.36. The zero-order valence-electron chi connectivity index (χ0n) is 13.9. The zero-order valence-corrected chi connectivity index (χ0v) is 13.9. The van der Waals surface area contributed by atoms with E-state index in [9.17, 15) is 13.9 Å². The summed E-state index contributed by atoms with van der Waals surface area (Å²) < 4.78 is 40.8. The van der Waals surface area contributed by atoms with E-state index in [1.807, 2.05) is 0 Å². The molecule has 1 fully saturated rings. The highest BCUT2D eigenvalue weighted by Gasteiger charge is 2.41. The molecule has 0 radical (unpaired) electrons. The second kappa shape index (κ2) is 7.55. The Hall–Kier alpha value is -1.90. The van der Waals surface area contributed by atoms with Gasteiger partial charge in [-0.1, -0.05) is 0 Å². The summed E-state index contributed by atoms with van der Waals surface area (Å²) >= 11 is 0. The van der Waals surface area contributed by atoms with Crippen LogP contribution in [0, 0.1) is 11.6 Å². The van der Waals surface area contributed by atoms with Crippen LogP contribution >= 0.6 is 0 Å². The van der Waals surface area contributed by atoms with Crippen LogP contribution in [-0.4, -0.2) is 38.9 Å². The van der Waals surface area contributed by atoms with Gasteiger partial charge >= 0.3 is 0 Å². The minimum absolute atomic E-state index is 0.138. The third kappa shape index (κ3) is 4.02. The second-order valence-corrected chi connectivity index (χ2v) is 6.22. The molecule has 8 heteroatoms. The van der Waals surface area contributed by atoms with Crippen LogP contribution in [0.5, 0.6) is 0 Å². The summed E-state index contributed by atoms with van der Waals surface area (Å²) in [6.45, 7) is 2.05. The number of nitrogens with zero attached hydrogens (tertiary/aromatic N) is 3. The highest BCUT2D eigenvalue weighted by Crippen LogP contribution is 2.33. The van der Waals surface area contributed by atoms with Crippen molar-refractivity contribution >= 4 is 0 Å². The molecule has 1 N–H and O–H groups in total. The third-order valence-electron chi connectivity index (χ3n) is 4.43. The standard InChI is InChI=1S/C17H21F2N3O3/c1-12(25-16-4-2-3-7-24-16)17(23,9-22-11-20-10-21-22)14-8-13(18)5-6-15(14)19/h5-6,8,10-12,16,23H,2-4,7,9H2,1H3/t12-,16?,17-/m1/s1. The predicted molar refractivity (Wildman–Crippen MR) is 84.4 cm³/mol. The molecule has 3 atom stereocenters. The second-order valence-electron chi connectivity index (χ2n) is 6.22. The van der Waals surface area contributed by atoms with Crippen LogP contribution in [-0.2, 0) is 21.6 Å². The highest BCUT2D eigenvalue weighted by molar-refractivity contribution is 5.26. The van der Waals surface area contributed by atoms with Crippen LogP contribution in [0.15, 0.2) is 30.9 Å². The molecule has 0 aliphatic carbocycles. The Morgan fingerprint density at radius 1 is 1.44 bits per heavy atom. The molecule has 0 amide bonds. The molecule has 1 aromatic heterocycles. The lowest BCUT2D eigenvalue weighted by Crippen LogP contribution is -2.46. The Morgan fingerprint density at radius 3 is 2.96 bits per heavy atom. The summed E-state index contributed by atoms with van der Waals surface area (Å²) in [4.78, 5) is 3.82. The number of aromatic nitrogens is 3. The quantitative estimate of drug-likeness (QED) is 0.863. The molecule has 0 saturated carbocycles. The number of hydrogen-bond donors (Lipinski definition) is 1. The van der Waals surface area contributed by atoms with Crippen molar-refractivity contribution in [2.45, 2.75) is 50.7 Å². The lowest BCUT2D eigenvalue weighted by Gasteiger charge is -2.37. The number of ether oxygens (including phenoxy) is 2. The number of hydrogen-bond acceptors (Lipinski definition) is 5. The molecule has 2 aromatic rings. The van der Waals surface area contributed by atoms with Crippen molar-refractivity contribution in [2.24, 2.45) is 0 Å². The molecule has 1 unspecified atom stereocenters. The van der Waals surface area contributed by atoms with Gasteiger partial charge in [-0.3, -0.25) is 0 Å². The van der Waals surface area contributed by atoms with E-state index in [0.717, 1.165) is 31.0 Å². The SMILES string of the molecule is C[C@@H](OC1CCCCO1)[C@](O)(Cn1cncn1)c1cc(F)ccc1F. The molecule has 2 heterocycles. The molecule has 136 valence electrons. The average Bonchev–Trinajstić information content (AvgIpc) is 3.10. The van der Waals surface area contributed by atoms with Gasteiger partial charge in [0, 0.05) is 12.2 Å². The van der Waals surface area contributed by atoms with Crippen LogP contribution in [0.2, 0.25) is 0 Å². The largest absolute Gasteiger partial charge is 0.380 e. The first-order chi connectivity index (χ1) is 12.0. The number of benzene rings is 1. The third-order valence-corrected chi connectivity index (χ3v) is 4.43. The van der Waals surface area contributed by atoms with E-state index in [1.165, 1.54) is 17.3 Å². The van der Waals surface area contributed by atoms with Gasteiger partial charge in [-0.2, -0.15) is 5.10 Å². The van der Waals surface area contributed by atoms with Gasteiger partial charge in [-0.15, -0.1) is 0 Å². The van der Waals surface area contributed by atoms with Gasteiger partial charge in [0.1, 0.15) is 29.9 Å². The summed E-state index contributed by atoms with van der Waals surface area (Å²) in [5, 5.41) is 15.2. The maximum absolute atomic E-state index is 14.4. The molecule has 1 aliphatic heterocycles. The Balaban J connectivity index is 1.91. The van der Waals surface area contributed by atoms with Gasteiger partial charge in [0.25, 0.3) is 0 Å². The van der Waals surface area contributed by atoms with E-state index in [0.29, 0.717) is 13.0 Å². The summed E-state index contributed by atoms with van der Waals surface area (Å²) in [7, 11) is 0. The minimum atomic E-state index is -1.85. The van der Waals surface area contributed by atoms with E-state index in [1.54, 1.807) is 6.92 Å². The normalized spacial score (nSPS) is 21.7. The first kappa shape index (κ1) is 17.9. The van der Waals surface area contributed by atoms with E-state index >= 15 is 0 Å². The van der Waals surface area contributed by atoms with Crippen LogP contribution in [0.1, 0.15) is 31.7 Å². The Kier molecular flexibility index (Phi) is 5.41. The molecular weight excluding hydrogens is 332 g/mol. The molecule has 3 rings (SSSR count). The number of halogens is 2. The predicted octanol–water partition coefficient (Wildman–Crippen LogP) is 2.38. The van der Waals surface area contributed by atoms with Gasteiger partial charge in [-0.05, 0) is 44.4 Å². The van der Waals surface area contributed by atoms with E-state index in [-0.39, 0.29) is 12.1 Å². The van der Waals surface area contributed by atoms with Crippen molar-refractivity contribution in [3.8, 4) is 0 Å². The van der Waals surface area contributed by atoms with Crippen LogP contribution in [0.4, 0.5) is 8.78 Å². The van der Waals surface area contributed by atoms with Crippen LogP contribution in [0.3, 0.4) is 0 Å². The molecule has 25 heavy (non-hydrogen) atoms. The molecular formula is C17H21F2N3O3. The fraction of sp³-hybridized carbons (Fsp3) is 0.529. The first-order valence-corrected chi connectivity index (χ1v) is 8.26. The van der Waals surface area contributed by atoms with Gasteiger partial charge in [-0.25, -0.2) is 18.4 Å². The lowest BCUT2D eigenvalue weighted by atomic mass is 9.88. The summed E-state index contributed by atoms with van der Waals surface area (Å²) in [6.07, 6.45) is 3.95.